The van der Waals surface area contributed by atoms with Crippen molar-refractivity contribution >= 4 is 22.5 Å². The highest BCUT2D eigenvalue weighted by Gasteiger charge is 2.20. The number of ether oxygens (including phenoxy) is 1. The van der Waals surface area contributed by atoms with Gasteiger partial charge in [0.2, 0.25) is 0 Å². The Morgan fingerprint density at radius 3 is 2.88 bits per heavy atom. The van der Waals surface area contributed by atoms with Crippen LogP contribution in [-0.2, 0) is 0 Å². The summed E-state index contributed by atoms with van der Waals surface area (Å²) in [6.07, 6.45) is 0.223. The maximum Gasteiger partial charge on any atom is 0.171 e. The topological polar surface area (TPSA) is 34.1 Å². The Labute approximate surface area is 98.4 Å². The molecule has 1 saturated heterocycles. The van der Waals surface area contributed by atoms with Gasteiger partial charge in [0, 0.05) is 18.5 Å². The van der Waals surface area contributed by atoms with Gasteiger partial charge >= 0.3 is 0 Å². The molecule has 1 aliphatic heterocycles. The molecule has 0 unspecified atom stereocenters. The van der Waals surface area contributed by atoms with Crippen LogP contribution in [0.3, 0.4) is 0 Å². The van der Waals surface area contributed by atoms with Crippen molar-refractivity contribution in [3.8, 4) is 5.75 Å². The van der Waals surface area contributed by atoms with Crippen LogP contribution in [0, 0.1) is 0 Å². The number of pyridine rings is 1. The van der Waals surface area contributed by atoms with Gasteiger partial charge in [0.05, 0.1) is 5.52 Å². The molecule has 16 heavy (non-hydrogen) atoms. The van der Waals surface area contributed by atoms with Crippen molar-refractivity contribution in [1.29, 1.82) is 0 Å². The van der Waals surface area contributed by atoms with Crippen LogP contribution in [0.5, 0.6) is 5.75 Å². The fraction of sp³-hybridized carbons (Fsp3) is 0.250. The third-order valence-corrected chi connectivity index (χ3v) is 2.95. The van der Waals surface area contributed by atoms with Gasteiger partial charge in [-0.3, -0.25) is 0 Å². The van der Waals surface area contributed by atoms with E-state index in [1.165, 1.54) is 0 Å². The van der Waals surface area contributed by atoms with Crippen molar-refractivity contribution in [2.45, 2.75) is 6.10 Å². The number of nitrogens with one attached hydrogen (secondary N) is 1. The zero-order valence-electron chi connectivity index (χ0n) is 8.61. The summed E-state index contributed by atoms with van der Waals surface area (Å²) >= 11 is 6.07. The average Bonchev–Trinajstić information content (AvgIpc) is 2.23. The number of benzene rings is 1. The standard InChI is InChI=1S/C12H11ClN2O/c13-12-11(16-9-6-14-7-9)5-8-3-1-2-4-10(8)15-12/h1-5,9,14H,6-7H2. The first-order chi connectivity index (χ1) is 7.83. The number of aromatic nitrogens is 1. The molecule has 1 fully saturated rings. The molecule has 1 N–H and O–H groups in total. The van der Waals surface area contributed by atoms with Gasteiger partial charge in [-0.25, -0.2) is 4.98 Å². The van der Waals surface area contributed by atoms with Gasteiger partial charge in [0.25, 0.3) is 0 Å². The van der Waals surface area contributed by atoms with Crippen molar-refractivity contribution in [1.82, 2.24) is 10.3 Å². The molecule has 0 atom stereocenters. The Morgan fingerprint density at radius 2 is 2.12 bits per heavy atom. The highest BCUT2D eigenvalue weighted by atomic mass is 35.5. The van der Waals surface area contributed by atoms with E-state index in [4.69, 9.17) is 16.3 Å². The number of fused-ring (bicyclic) bond motifs is 1. The van der Waals surface area contributed by atoms with Crippen LogP contribution in [0.15, 0.2) is 30.3 Å². The lowest BCUT2D eigenvalue weighted by atomic mass is 10.2. The first-order valence-electron chi connectivity index (χ1n) is 5.25. The Kier molecular flexibility index (Phi) is 2.42. The Bertz CT molecular complexity index is 525. The van der Waals surface area contributed by atoms with E-state index >= 15 is 0 Å². The Balaban J connectivity index is 1.99. The zero-order valence-corrected chi connectivity index (χ0v) is 9.37. The van der Waals surface area contributed by atoms with Crippen LogP contribution in [0.4, 0.5) is 0 Å². The number of halogens is 1. The van der Waals surface area contributed by atoms with Gasteiger partial charge in [0.15, 0.2) is 10.9 Å². The summed E-state index contributed by atoms with van der Waals surface area (Å²) in [5.74, 6) is 0.673. The van der Waals surface area contributed by atoms with E-state index in [-0.39, 0.29) is 6.10 Å². The van der Waals surface area contributed by atoms with Crippen molar-refractivity contribution in [3.05, 3.63) is 35.5 Å². The molecule has 82 valence electrons. The fourth-order valence-corrected chi connectivity index (χ4v) is 1.87. The minimum absolute atomic E-state index is 0.223. The Morgan fingerprint density at radius 1 is 1.31 bits per heavy atom. The lowest BCUT2D eigenvalue weighted by Crippen LogP contribution is -2.50. The van der Waals surface area contributed by atoms with E-state index in [0.29, 0.717) is 10.9 Å². The summed E-state index contributed by atoms with van der Waals surface area (Å²) < 4.78 is 5.73. The van der Waals surface area contributed by atoms with Gasteiger partial charge in [-0.1, -0.05) is 29.8 Å². The summed E-state index contributed by atoms with van der Waals surface area (Å²) in [7, 11) is 0. The molecule has 0 bridgehead atoms. The molecule has 2 aromatic rings. The smallest absolute Gasteiger partial charge is 0.171 e. The van der Waals surface area contributed by atoms with Crippen LogP contribution in [0.25, 0.3) is 10.9 Å². The summed E-state index contributed by atoms with van der Waals surface area (Å²) in [4.78, 5) is 4.31. The second kappa shape index (κ2) is 3.92. The van der Waals surface area contributed by atoms with Gasteiger partial charge in [-0.2, -0.15) is 0 Å². The number of nitrogens with zero attached hydrogens (tertiary/aromatic N) is 1. The quantitative estimate of drug-likeness (QED) is 0.810. The van der Waals surface area contributed by atoms with Gasteiger partial charge in [-0.15, -0.1) is 0 Å². The fourth-order valence-electron chi connectivity index (χ4n) is 1.68. The van der Waals surface area contributed by atoms with Crippen molar-refractivity contribution in [2.75, 3.05) is 13.1 Å². The zero-order chi connectivity index (χ0) is 11.0. The molecule has 1 aliphatic rings. The normalized spacial score (nSPS) is 16.1. The molecule has 3 nitrogen and oxygen atoms in total. The van der Waals surface area contributed by atoms with Crippen LogP contribution >= 0.6 is 11.6 Å². The second-order valence-corrected chi connectivity index (χ2v) is 4.23. The maximum atomic E-state index is 6.07. The number of hydrogen-bond acceptors (Lipinski definition) is 3. The maximum absolute atomic E-state index is 6.07. The van der Waals surface area contributed by atoms with Crippen molar-refractivity contribution in [2.24, 2.45) is 0 Å². The van der Waals surface area contributed by atoms with E-state index in [1.54, 1.807) is 0 Å². The molecule has 0 amide bonds. The molecule has 0 saturated carbocycles. The SMILES string of the molecule is Clc1nc2ccccc2cc1OC1CNC1. The van der Waals surface area contributed by atoms with Gasteiger partial charge in [0.1, 0.15) is 6.10 Å². The third kappa shape index (κ3) is 1.72. The third-order valence-electron chi connectivity index (χ3n) is 2.68. The van der Waals surface area contributed by atoms with E-state index in [1.807, 2.05) is 30.3 Å². The van der Waals surface area contributed by atoms with Crippen molar-refractivity contribution < 1.29 is 4.74 Å². The monoisotopic (exact) mass is 234 g/mol. The lowest BCUT2D eigenvalue weighted by molar-refractivity contribution is 0.142. The first-order valence-corrected chi connectivity index (χ1v) is 5.63. The summed E-state index contributed by atoms with van der Waals surface area (Å²) in [6.45, 7) is 1.76. The molecule has 1 aromatic carbocycles. The van der Waals surface area contributed by atoms with Gasteiger partial charge < -0.3 is 10.1 Å². The van der Waals surface area contributed by atoms with E-state index in [9.17, 15) is 0 Å². The highest BCUT2D eigenvalue weighted by molar-refractivity contribution is 6.31. The molecule has 3 rings (SSSR count). The number of hydrogen-bond donors (Lipinski definition) is 1. The van der Waals surface area contributed by atoms with Crippen LogP contribution < -0.4 is 10.1 Å². The highest BCUT2D eigenvalue weighted by Crippen LogP contribution is 2.28. The van der Waals surface area contributed by atoms with E-state index in [0.717, 1.165) is 24.0 Å². The minimum atomic E-state index is 0.223. The van der Waals surface area contributed by atoms with Crippen molar-refractivity contribution in [3.63, 3.8) is 0 Å². The summed E-state index contributed by atoms with van der Waals surface area (Å²) in [6, 6.07) is 9.82. The average molecular weight is 235 g/mol. The minimum Gasteiger partial charge on any atom is -0.485 e. The molecule has 0 spiro atoms. The summed E-state index contributed by atoms with van der Waals surface area (Å²) in [5.41, 5.74) is 0.895. The number of para-hydroxylation sites is 1. The largest absolute Gasteiger partial charge is 0.485 e. The summed E-state index contributed by atoms with van der Waals surface area (Å²) in [5, 5.41) is 4.64. The van der Waals surface area contributed by atoms with E-state index in [2.05, 4.69) is 10.3 Å². The second-order valence-electron chi connectivity index (χ2n) is 3.87. The molecular weight excluding hydrogens is 224 g/mol. The lowest BCUT2D eigenvalue weighted by Gasteiger charge is -2.28. The number of rotatable bonds is 2. The van der Waals surface area contributed by atoms with E-state index < -0.39 is 0 Å². The molecule has 2 heterocycles. The predicted octanol–water partition coefficient (Wildman–Crippen LogP) is 2.24. The molecule has 1 aromatic heterocycles. The Hall–Kier alpha value is -1.32. The molecule has 0 aliphatic carbocycles. The molecular formula is C12H11ClN2O. The predicted molar refractivity (Wildman–Crippen MR) is 64.0 cm³/mol. The molecule has 4 heteroatoms. The van der Waals surface area contributed by atoms with Crippen LogP contribution in [0.1, 0.15) is 0 Å². The van der Waals surface area contributed by atoms with Gasteiger partial charge in [-0.05, 0) is 12.1 Å². The first kappa shape index (κ1) is 9.87. The molecule has 0 radical (unpaired) electrons. The van der Waals surface area contributed by atoms with Crippen LogP contribution in [0.2, 0.25) is 5.15 Å². The van der Waals surface area contributed by atoms with Crippen LogP contribution in [-0.4, -0.2) is 24.2 Å².